The Kier molecular flexibility index (Phi) is 3.54. The predicted octanol–water partition coefficient (Wildman–Crippen LogP) is 3.31. The number of carbonyl (C=O) groups is 1. The van der Waals surface area contributed by atoms with E-state index in [4.69, 9.17) is 0 Å². The van der Waals surface area contributed by atoms with E-state index < -0.39 is 0 Å². The summed E-state index contributed by atoms with van der Waals surface area (Å²) in [5.41, 5.74) is 1.09. The molecule has 0 aromatic heterocycles. The van der Waals surface area contributed by atoms with E-state index in [0.717, 1.165) is 17.9 Å². The largest absolute Gasteiger partial charge is 0.308 e. The Balaban J connectivity index is 2.33. The van der Waals surface area contributed by atoms with E-state index in [0.29, 0.717) is 12.5 Å². The quantitative estimate of drug-likeness (QED) is 0.783. The van der Waals surface area contributed by atoms with Crippen molar-refractivity contribution in [1.82, 2.24) is 0 Å². The molecule has 0 fully saturated rings. The highest BCUT2D eigenvalue weighted by atomic mass is 32.2. The molecule has 0 saturated carbocycles. The SMILES string of the molecule is CCCC(=O)N1c2ccccc2SCC1C. The van der Waals surface area contributed by atoms with Crippen LogP contribution in [-0.4, -0.2) is 17.7 Å². The molecule has 1 aliphatic heterocycles. The van der Waals surface area contributed by atoms with Crippen molar-refractivity contribution in [3.63, 3.8) is 0 Å². The van der Waals surface area contributed by atoms with Crippen LogP contribution >= 0.6 is 11.8 Å². The summed E-state index contributed by atoms with van der Waals surface area (Å²) in [5.74, 6) is 1.25. The van der Waals surface area contributed by atoms with E-state index in [1.165, 1.54) is 4.90 Å². The molecule has 1 aromatic rings. The van der Waals surface area contributed by atoms with E-state index in [-0.39, 0.29) is 5.91 Å². The third-order valence-corrected chi connectivity index (χ3v) is 4.08. The van der Waals surface area contributed by atoms with E-state index in [2.05, 4.69) is 13.0 Å². The van der Waals surface area contributed by atoms with E-state index in [9.17, 15) is 4.79 Å². The van der Waals surface area contributed by atoms with Gasteiger partial charge in [-0.15, -0.1) is 11.8 Å². The number of hydrogen-bond donors (Lipinski definition) is 0. The smallest absolute Gasteiger partial charge is 0.227 e. The number of para-hydroxylation sites is 1. The van der Waals surface area contributed by atoms with Gasteiger partial charge in [0.1, 0.15) is 0 Å². The van der Waals surface area contributed by atoms with Crippen molar-refractivity contribution in [2.24, 2.45) is 0 Å². The maximum Gasteiger partial charge on any atom is 0.227 e. The lowest BCUT2D eigenvalue weighted by molar-refractivity contribution is -0.119. The Morgan fingerprint density at radius 1 is 1.50 bits per heavy atom. The minimum Gasteiger partial charge on any atom is -0.308 e. The lowest BCUT2D eigenvalue weighted by atomic mass is 10.2. The summed E-state index contributed by atoms with van der Waals surface area (Å²) < 4.78 is 0. The molecule has 1 aromatic carbocycles. The second-order valence-electron chi connectivity index (χ2n) is 4.14. The average molecular weight is 235 g/mol. The third kappa shape index (κ3) is 2.09. The summed E-state index contributed by atoms with van der Waals surface area (Å²) in [5, 5.41) is 0. The van der Waals surface area contributed by atoms with Gasteiger partial charge in [-0.05, 0) is 25.5 Å². The van der Waals surface area contributed by atoms with Crippen molar-refractivity contribution in [2.75, 3.05) is 10.7 Å². The second kappa shape index (κ2) is 4.91. The number of thioether (sulfide) groups is 1. The predicted molar refractivity (Wildman–Crippen MR) is 69.0 cm³/mol. The van der Waals surface area contributed by atoms with Gasteiger partial charge in [-0.1, -0.05) is 19.1 Å². The molecule has 0 radical (unpaired) electrons. The van der Waals surface area contributed by atoms with Crippen molar-refractivity contribution in [3.8, 4) is 0 Å². The zero-order chi connectivity index (χ0) is 11.5. The van der Waals surface area contributed by atoms with Gasteiger partial charge in [0.2, 0.25) is 5.91 Å². The molecule has 0 N–H and O–H groups in total. The highest BCUT2D eigenvalue weighted by Gasteiger charge is 2.27. The Hall–Kier alpha value is -0.960. The number of fused-ring (bicyclic) bond motifs is 1. The summed E-state index contributed by atoms with van der Waals surface area (Å²) in [6, 6.07) is 8.48. The molecular formula is C13H17NOS. The van der Waals surface area contributed by atoms with E-state index in [1.807, 2.05) is 41.8 Å². The molecule has 0 aliphatic carbocycles. The third-order valence-electron chi connectivity index (χ3n) is 2.78. The van der Waals surface area contributed by atoms with Gasteiger partial charge in [0.05, 0.1) is 5.69 Å². The number of benzene rings is 1. The molecular weight excluding hydrogens is 218 g/mol. The fraction of sp³-hybridized carbons (Fsp3) is 0.462. The average Bonchev–Trinajstić information content (AvgIpc) is 2.29. The Morgan fingerprint density at radius 3 is 3.00 bits per heavy atom. The van der Waals surface area contributed by atoms with Crippen LogP contribution in [0.25, 0.3) is 0 Å². The fourth-order valence-corrected chi connectivity index (χ4v) is 3.07. The van der Waals surface area contributed by atoms with Crippen LogP contribution in [-0.2, 0) is 4.79 Å². The van der Waals surface area contributed by atoms with Crippen LogP contribution < -0.4 is 4.90 Å². The van der Waals surface area contributed by atoms with Gasteiger partial charge in [-0.2, -0.15) is 0 Å². The maximum atomic E-state index is 12.1. The molecule has 2 rings (SSSR count). The summed E-state index contributed by atoms with van der Waals surface area (Å²) in [7, 11) is 0. The number of anilines is 1. The summed E-state index contributed by atoms with van der Waals surface area (Å²) in [4.78, 5) is 15.3. The molecule has 1 amide bonds. The minimum absolute atomic E-state index is 0.253. The summed E-state index contributed by atoms with van der Waals surface area (Å²) in [6.45, 7) is 4.17. The molecule has 1 heterocycles. The lowest BCUT2D eigenvalue weighted by Gasteiger charge is -2.34. The number of nitrogens with zero attached hydrogens (tertiary/aromatic N) is 1. The lowest BCUT2D eigenvalue weighted by Crippen LogP contribution is -2.42. The second-order valence-corrected chi connectivity index (χ2v) is 5.20. The first-order chi connectivity index (χ1) is 7.74. The van der Waals surface area contributed by atoms with Gasteiger partial charge in [0.25, 0.3) is 0 Å². The van der Waals surface area contributed by atoms with Gasteiger partial charge >= 0.3 is 0 Å². The summed E-state index contributed by atoms with van der Waals surface area (Å²) >= 11 is 1.84. The summed E-state index contributed by atoms with van der Waals surface area (Å²) in [6.07, 6.45) is 1.56. The van der Waals surface area contributed by atoms with Crippen LogP contribution in [0.15, 0.2) is 29.2 Å². The first-order valence-electron chi connectivity index (χ1n) is 5.78. The Labute approximate surface area is 101 Å². The highest BCUT2D eigenvalue weighted by molar-refractivity contribution is 7.99. The van der Waals surface area contributed by atoms with Gasteiger partial charge in [0.15, 0.2) is 0 Å². The first-order valence-corrected chi connectivity index (χ1v) is 6.76. The molecule has 16 heavy (non-hydrogen) atoms. The van der Waals surface area contributed by atoms with Crippen molar-refractivity contribution in [3.05, 3.63) is 24.3 Å². The highest BCUT2D eigenvalue weighted by Crippen LogP contribution is 2.37. The fourth-order valence-electron chi connectivity index (χ4n) is 2.02. The van der Waals surface area contributed by atoms with E-state index in [1.54, 1.807) is 0 Å². The van der Waals surface area contributed by atoms with Crippen molar-refractivity contribution >= 4 is 23.4 Å². The zero-order valence-electron chi connectivity index (χ0n) is 9.77. The van der Waals surface area contributed by atoms with E-state index >= 15 is 0 Å². The van der Waals surface area contributed by atoms with Crippen LogP contribution in [0, 0.1) is 0 Å². The van der Waals surface area contributed by atoms with Crippen molar-refractivity contribution in [2.45, 2.75) is 37.6 Å². The van der Waals surface area contributed by atoms with Crippen LogP contribution in [0.5, 0.6) is 0 Å². The molecule has 86 valence electrons. The standard InChI is InChI=1S/C13H17NOS/c1-3-6-13(15)14-10(2)9-16-12-8-5-4-7-11(12)14/h4-5,7-8,10H,3,6,9H2,1-2H3. The number of rotatable bonds is 2. The topological polar surface area (TPSA) is 20.3 Å². The van der Waals surface area contributed by atoms with Gasteiger partial charge in [-0.3, -0.25) is 4.79 Å². The molecule has 0 bridgehead atoms. The van der Waals surface area contributed by atoms with Gasteiger partial charge in [0, 0.05) is 23.1 Å². The van der Waals surface area contributed by atoms with Gasteiger partial charge < -0.3 is 4.90 Å². The van der Waals surface area contributed by atoms with Crippen LogP contribution in [0.4, 0.5) is 5.69 Å². The van der Waals surface area contributed by atoms with Gasteiger partial charge in [-0.25, -0.2) is 0 Å². The Morgan fingerprint density at radius 2 is 2.25 bits per heavy atom. The van der Waals surface area contributed by atoms with Crippen LogP contribution in [0.2, 0.25) is 0 Å². The zero-order valence-corrected chi connectivity index (χ0v) is 10.6. The monoisotopic (exact) mass is 235 g/mol. The first kappa shape index (κ1) is 11.5. The molecule has 1 atom stereocenters. The maximum absolute atomic E-state index is 12.1. The van der Waals surface area contributed by atoms with Crippen LogP contribution in [0.3, 0.4) is 0 Å². The molecule has 0 spiro atoms. The number of carbonyl (C=O) groups excluding carboxylic acids is 1. The molecule has 1 aliphatic rings. The number of amides is 1. The minimum atomic E-state index is 0.253. The molecule has 0 saturated heterocycles. The molecule has 2 nitrogen and oxygen atoms in total. The molecule has 3 heteroatoms. The molecule has 1 unspecified atom stereocenters. The van der Waals surface area contributed by atoms with Crippen LogP contribution in [0.1, 0.15) is 26.7 Å². The normalized spacial score (nSPS) is 19.4. The van der Waals surface area contributed by atoms with Crippen molar-refractivity contribution < 1.29 is 4.79 Å². The Bertz CT molecular complexity index is 391. The van der Waals surface area contributed by atoms with Crippen molar-refractivity contribution in [1.29, 1.82) is 0 Å². The number of hydrogen-bond acceptors (Lipinski definition) is 2.